The van der Waals surface area contributed by atoms with Crippen LogP contribution < -0.4 is 5.11 Å². The van der Waals surface area contributed by atoms with Crippen LogP contribution in [0.1, 0.15) is 91.9 Å². The van der Waals surface area contributed by atoms with E-state index in [1.165, 1.54) is 51.4 Å². The smallest absolute Gasteiger partial charge is 0.0852 e. The van der Waals surface area contributed by atoms with Crippen LogP contribution in [0.4, 0.5) is 0 Å². The fraction of sp³-hybridized carbons (Fsp3) is 0.952. The summed E-state index contributed by atoms with van der Waals surface area (Å²) in [4.78, 5) is 4.33. The third-order valence-corrected chi connectivity index (χ3v) is 4.89. The molecule has 0 rings (SSSR count). The first-order chi connectivity index (χ1) is 11.2. The van der Waals surface area contributed by atoms with Gasteiger partial charge in [0.1, 0.15) is 0 Å². The first kappa shape index (κ1) is 27.4. The van der Waals surface area contributed by atoms with Crippen molar-refractivity contribution in [3.05, 3.63) is 0 Å². The molecule has 0 aromatic rings. The highest BCUT2D eigenvalue weighted by Crippen LogP contribution is 2.20. The third kappa shape index (κ3) is 17.3. The molecule has 0 aromatic heterocycles. The summed E-state index contributed by atoms with van der Waals surface area (Å²) < 4.78 is 0.981. The molecule has 0 aromatic carbocycles. The maximum Gasteiger partial charge on any atom is 0.0852 e. The highest BCUT2D eigenvalue weighted by Gasteiger charge is 2.27. The molecular weight excluding hydrogens is 423 g/mol. The van der Waals surface area contributed by atoms with Gasteiger partial charge in [-0.15, -0.1) is 24.0 Å². The summed E-state index contributed by atoms with van der Waals surface area (Å²) in [6.07, 6.45) is 12.2. The van der Waals surface area contributed by atoms with Crippen molar-refractivity contribution in [2.24, 2.45) is 10.4 Å². The molecule has 3 nitrogen and oxygen atoms in total. The average Bonchev–Trinajstić information content (AvgIpc) is 2.50. The van der Waals surface area contributed by atoms with E-state index >= 15 is 0 Å². The second-order valence-electron chi connectivity index (χ2n) is 8.86. The Bertz CT molecular complexity index is 341. The van der Waals surface area contributed by atoms with Gasteiger partial charge in [-0.25, -0.2) is 0 Å². The van der Waals surface area contributed by atoms with Crippen LogP contribution in [0.3, 0.4) is 0 Å². The lowest BCUT2D eigenvalue weighted by molar-refractivity contribution is -0.894. The Morgan fingerprint density at radius 2 is 1.36 bits per heavy atom. The summed E-state index contributed by atoms with van der Waals surface area (Å²) >= 11 is 0. The van der Waals surface area contributed by atoms with E-state index in [4.69, 9.17) is 0 Å². The number of hydrogen-bond donors (Lipinski definition) is 0. The van der Waals surface area contributed by atoms with Gasteiger partial charge in [0.25, 0.3) is 0 Å². The van der Waals surface area contributed by atoms with Gasteiger partial charge in [-0.1, -0.05) is 72.1 Å². The maximum atomic E-state index is 12.0. The zero-order valence-corrected chi connectivity index (χ0v) is 20.2. The van der Waals surface area contributed by atoms with Gasteiger partial charge in [-0.2, -0.15) is 0 Å². The van der Waals surface area contributed by atoms with Gasteiger partial charge in [0, 0.05) is 12.0 Å². The predicted molar refractivity (Wildman–Crippen MR) is 121 cm³/mol. The molecule has 0 aliphatic carbocycles. The first-order valence-corrected chi connectivity index (χ1v) is 10.2. The van der Waals surface area contributed by atoms with Crippen LogP contribution in [0.2, 0.25) is 0 Å². The Labute approximate surface area is 175 Å². The monoisotopic (exact) mass is 468 g/mol. The van der Waals surface area contributed by atoms with Gasteiger partial charge in [-0.05, 0) is 25.7 Å². The molecule has 0 amide bonds. The summed E-state index contributed by atoms with van der Waals surface area (Å²) in [5.74, 6) is 0.104. The summed E-state index contributed by atoms with van der Waals surface area (Å²) in [6.45, 7) is 11.7. The zero-order valence-electron chi connectivity index (χ0n) is 17.9. The largest absolute Gasteiger partial charge is 0.862 e. The molecule has 0 spiro atoms. The number of nitrogens with zero attached hydrogens (tertiary/aromatic N) is 2. The van der Waals surface area contributed by atoms with E-state index in [0.29, 0.717) is 13.0 Å². The fourth-order valence-corrected chi connectivity index (χ4v) is 3.29. The van der Waals surface area contributed by atoms with Crippen molar-refractivity contribution < 1.29 is 9.59 Å². The van der Waals surface area contributed by atoms with E-state index in [1.807, 2.05) is 0 Å². The van der Waals surface area contributed by atoms with E-state index in [9.17, 15) is 5.11 Å². The Hall–Kier alpha value is 0.160. The number of quaternary nitrogens is 1. The van der Waals surface area contributed by atoms with Crippen LogP contribution >= 0.6 is 24.0 Å². The molecule has 0 N–H and O–H groups in total. The molecule has 0 aliphatic heterocycles. The van der Waals surface area contributed by atoms with Gasteiger partial charge in [0.2, 0.25) is 0 Å². The van der Waals surface area contributed by atoms with Crippen LogP contribution in [0, 0.1) is 5.41 Å². The summed E-state index contributed by atoms with van der Waals surface area (Å²) in [6, 6.07) is 0. The minimum atomic E-state index is 0. The fourth-order valence-electron chi connectivity index (χ4n) is 3.29. The second-order valence-corrected chi connectivity index (χ2v) is 8.86. The zero-order chi connectivity index (χ0) is 18.5. The normalized spacial score (nSPS) is 13.0. The minimum absolute atomic E-state index is 0. The maximum absolute atomic E-state index is 12.0. The van der Waals surface area contributed by atoms with E-state index in [1.54, 1.807) is 0 Å². The quantitative estimate of drug-likeness (QED) is 0.104. The lowest BCUT2D eigenvalue weighted by Crippen LogP contribution is -2.47. The molecule has 0 aliphatic rings. The average molecular weight is 469 g/mol. The predicted octanol–water partition coefficient (Wildman–Crippen LogP) is 5.41. The molecule has 0 atom stereocenters. The molecular formula is C21H45IN2O. The molecule has 25 heavy (non-hydrogen) atoms. The molecule has 0 bridgehead atoms. The highest BCUT2D eigenvalue weighted by atomic mass is 127. The van der Waals surface area contributed by atoms with Crippen LogP contribution in [0.5, 0.6) is 0 Å². The molecule has 152 valence electrons. The van der Waals surface area contributed by atoms with E-state index in [-0.39, 0.29) is 35.3 Å². The third-order valence-electron chi connectivity index (χ3n) is 4.89. The summed E-state index contributed by atoms with van der Waals surface area (Å²) in [5, 5.41) is 12.0. The van der Waals surface area contributed by atoms with Crippen LogP contribution in [-0.2, 0) is 0 Å². The molecule has 0 saturated heterocycles. The van der Waals surface area contributed by atoms with Gasteiger partial charge in [-0.3, -0.25) is 0 Å². The van der Waals surface area contributed by atoms with Crippen LogP contribution in [-0.4, -0.2) is 44.1 Å². The Morgan fingerprint density at radius 1 is 0.880 bits per heavy atom. The van der Waals surface area contributed by atoms with Crippen molar-refractivity contribution in [2.75, 3.05) is 33.7 Å². The van der Waals surface area contributed by atoms with Crippen molar-refractivity contribution in [1.29, 1.82) is 0 Å². The second kappa shape index (κ2) is 15.2. The molecule has 0 unspecified atom stereocenters. The van der Waals surface area contributed by atoms with Crippen molar-refractivity contribution in [3.8, 4) is 0 Å². The highest BCUT2D eigenvalue weighted by molar-refractivity contribution is 14.0. The van der Waals surface area contributed by atoms with Crippen LogP contribution in [0.25, 0.3) is 0 Å². The number of halogens is 1. The van der Waals surface area contributed by atoms with Crippen LogP contribution in [0.15, 0.2) is 4.99 Å². The standard InChI is InChI=1S/C21H44N2O.HI/c1-7-9-10-11-12-13-14-15-16-17-20(24)22-18-21(3,4)19-23(5,6)8-2;/h7-19H2,1-6H3;1H. The van der Waals surface area contributed by atoms with E-state index < -0.39 is 0 Å². The van der Waals surface area contributed by atoms with Crippen molar-refractivity contribution in [3.63, 3.8) is 0 Å². The number of unbranched alkanes of at least 4 members (excludes halogenated alkanes) is 8. The van der Waals surface area contributed by atoms with E-state index in [2.05, 4.69) is 46.8 Å². The van der Waals surface area contributed by atoms with E-state index in [0.717, 1.165) is 24.0 Å². The Kier molecular flexibility index (Phi) is 16.7. The SMILES string of the molecule is CCCCCCCCCCCC([O-])=NCC(C)(C)C[N+](C)(C)CC.I. The van der Waals surface area contributed by atoms with Gasteiger partial charge in [0.05, 0.1) is 27.2 Å². The Morgan fingerprint density at radius 3 is 1.84 bits per heavy atom. The Balaban J connectivity index is 0. The lowest BCUT2D eigenvalue weighted by Gasteiger charge is -2.36. The van der Waals surface area contributed by atoms with Gasteiger partial charge >= 0.3 is 0 Å². The number of aliphatic imine (C=N–C) groups is 1. The topological polar surface area (TPSA) is 35.4 Å². The number of hydrogen-bond acceptors (Lipinski definition) is 2. The molecule has 0 heterocycles. The molecule has 0 fully saturated rings. The molecule has 0 saturated carbocycles. The number of rotatable bonds is 15. The first-order valence-electron chi connectivity index (χ1n) is 10.2. The minimum Gasteiger partial charge on any atom is -0.862 e. The van der Waals surface area contributed by atoms with Crippen molar-refractivity contribution in [2.45, 2.75) is 91.9 Å². The summed E-state index contributed by atoms with van der Waals surface area (Å²) in [5.41, 5.74) is 0.0909. The summed E-state index contributed by atoms with van der Waals surface area (Å²) in [7, 11) is 4.48. The van der Waals surface area contributed by atoms with Crippen molar-refractivity contribution in [1.82, 2.24) is 0 Å². The van der Waals surface area contributed by atoms with Crippen molar-refractivity contribution >= 4 is 29.9 Å². The van der Waals surface area contributed by atoms with Gasteiger partial charge < -0.3 is 14.6 Å². The lowest BCUT2D eigenvalue weighted by atomic mass is 9.92. The molecule has 4 heteroatoms. The van der Waals surface area contributed by atoms with Gasteiger partial charge in [0.15, 0.2) is 0 Å². The molecule has 0 radical (unpaired) electrons.